The molecule has 1 aliphatic heterocycles. The Labute approximate surface area is 162 Å². The molecule has 0 saturated carbocycles. The van der Waals surface area contributed by atoms with Gasteiger partial charge in [-0.25, -0.2) is 8.42 Å². The summed E-state index contributed by atoms with van der Waals surface area (Å²) in [6.45, 7) is 0.822. The van der Waals surface area contributed by atoms with Crippen LogP contribution < -0.4 is 19.1 Å². The third-order valence-corrected chi connectivity index (χ3v) is 5.55. The molecule has 144 valence electrons. The van der Waals surface area contributed by atoms with Crippen LogP contribution in [-0.4, -0.2) is 38.9 Å². The molecular weight excluding hydrogens is 380 g/mol. The fraction of sp³-hybridized carbons (Fsp3) is 0.158. The van der Waals surface area contributed by atoms with E-state index < -0.39 is 10.0 Å². The van der Waals surface area contributed by atoms with Gasteiger partial charge in [-0.2, -0.15) is 0 Å². The van der Waals surface area contributed by atoms with E-state index in [1.807, 2.05) is 42.3 Å². The van der Waals surface area contributed by atoms with Crippen molar-refractivity contribution in [2.45, 2.75) is 4.90 Å². The lowest BCUT2D eigenvalue weighted by Gasteiger charge is -2.19. The van der Waals surface area contributed by atoms with Crippen LogP contribution in [0.4, 0.5) is 17.3 Å². The molecule has 9 heteroatoms. The second-order valence-corrected chi connectivity index (χ2v) is 7.76. The minimum atomic E-state index is -3.83. The molecule has 3 aromatic rings. The molecule has 28 heavy (non-hydrogen) atoms. The normalized spacial score (nSPS) is 13.0. The summed E-state index contributed by atoms with van der Waals surface area (Å²) in [4.78, 5) is 1.91. The van der Waals surface area contributed by atoms with Gasteiger partial charge in [0.1, 0.15) is 13.2 Å². The Bertz CT molecular complexity index is 1070. The second kappa shape index (κ2) is 7.35. The number of hydrogen-bond donors (Lipinski definition) is 1. The van der Waals surface area contributed by atoms with Gasteiger partial charge in [-0.15, -0.1) is 10.2 Å². The van der Waals surface area contributed by atoms with Crippen molar-refractivity contribution in [2.75, 3.05) is 29.9 Å². The Kier molecular flexibility index (Phi) is 4.74. The topological polar surface area (TPSA) is 93.7 Å². The molecule has 0 amide bonds. The third kappa shape index (κ3) is 3.70. The largest absolute Gasteiger partial charge is 0.486 e. The van der Waals surface area contributed by atoms with Crippen LogP contribution in [0.5, 0.6) is 11.5 Å². The van der Waals surface area contributed by atoms with Crippen molar-refractivity contribution in [2.24, 2.45) is 0 Å². The van der Waals surface area contributed by atoms with Crippen molar-refractivity contribution in [1.82, 2.24) is 10.2 Å². The molecule has 1 N–H and O–H groups in total. The number of nitrogens with one attached hydrogen (secondary N) is 1. The highest BCUT2D eigenvalue weighted by atomic mass is 32.2. The smallest absolute Gasteiger partial charge is 0.263 e. The molecule has 1 aromatic heterocycles. The van der Waals surface area contributed by atoms with Gasteiger partial charge >= 0.3 is 0 Å². The number of sulfonamides is 1. The zero-order valence-electron chi connectivity index (χ0n) is 15.1. The van der Waals surface area contributed by atoms with E-state index >= 15 is 0 Å². The molecule has 0 radical (unpaired) electrons. The zero-order valence-corrected chi connectivity index (χ0v) is 15.9. The number of anilines is 3. The van der Waals surface area contributed by atoms with E-state index in [0.29, 0.717) is 30.5 Å². The van der Waals surface area contributed by atoms with E-state index in [2.05, 4.69) is 14.9 Å². The SMILES string of the molecule is CN(c1ccccc1)c1ccc(NS(=O)(=O)c2ccc3c(c2)OCCO3)nn1. The van der Waals surface area contributed by atoms with Gasteiger partial charge in [0.15, 0.2) is 23.1 Å². The van der Waals surface area contributed by atoms with E-state index in [1.165, 1.54) is 12.1 Å². The summed E-state index contributed by atoms with van der Waals surface area (Å²) >= 11 is 0. The van der Waals surface area contributed by atoms with Crippen molar-refractivity contribution >= 4 is 27.3 Å². The van der Waals surface area contributed by atoms with Crippen molar-refractivity contribution in [1.29, 1.82) is 0 Å². The summed E-state index contributed by atoms with van der Waals surface area (Å²) in [7, 11) is -1.97. The van der Waals surface area contributed by atoms with E-state index in [-0.39, 0.29) is 10.7 Å². The maximum Gasteiger partial charge on any atom is 0.263 e. The molecule has 2 aromatic carbocycles. The molecule has 0 unspecified atom stereocenters. The van der Waals surface area contributed by atoms with E-state index in [9.17, 15) is 8.42 Å². The average molecular weight is 398 g/mol. The maximum absolute atomic E-state index is 12.6. The first kappa shape index (κ1) is 18.1. The summed E-state index contributed by atoms with van der Waals surface area (Å²) < 4.78 is 38.6. The van der Waals surface area contributed by atoms with Crippen molar-refractivity contribution < 1.29 is 17.9 Å². The summed E-state index contributed by atoms with van der Waals surface area (Å²) in [6, 6.07) is 17.4. The van der Waals surface area contributed by atoms with E-state index in [1.54, 1.807) is 18.2 Å². The highest BCUT2D eigenvalue weighted by Gasteiger charge is 2.20. The predicted molar refractivity (Wildman–Crippen MR) is 105 cm³/mol. The Balaban J connectivity index is 1.52. The van der Waals surface area contributed by atoms with Gasteiger partial charge in [0.25, 0.3) is 10.0 Å². The van der Waals surface area contributed by atoms with Crippen LogP contribution in [0.15, 0.2) is 65.6 Å². The summed E-state index contributed by atoms with van der Waals surface area (Å²) in [5.74, 6) is 1.65. The van der Waals surface area contributed by atoms with Crippen LogP contribution in [0.1, 0.15) is 0 Å². The summed E-state index contributed by atoms with van der Waals surface area (Å²) in [5, 5.41) is 8.09. The van der Waals surface area contributed by atoms with Crippen molar-refractivity contribution in [3.8, 4) is 11.5 Å². The zero-order chi connectivity index (χ0) is 19.6. The minimum Gasteiger partial charge on any atom is -0.486 e. The molecule has 0 aliphatic carbocycles. The molecule has 0 spiro atoms. The highest BCUT2D eigenvalue weighted by molar-refractivity contribution is 7.92. The number of rotatable bonds is 5. The lowest BCUT2D eigenvalue weighted by atomic mass is 10.3. The lowest BCUT2D eigenvalue weighted by Crippen LogP contribution is -2.18. The second-order valence-electron chi connectivity index (χ2n) is 6.08. The summed E-state index contributed by atoms with van der Waals surface area (Å²) in [5.41, 5.74) is 0.946. The van der Waals surface area contributed by atoms with Crippen LogP contribution in [0, 0.1) is 0 Å². The third-order valence-electron chi connectivity index (χ3n) is 4.20. The van der Waals surface area contributed by atoms with Crippen molar-refractivity contribution in [3.05, 3.63) is 60.7 Å². The number of benzene rings is 2. The monoisotopic (exact) mass is 398 g/mol. The minimum absolute atomic E-state index is 0.0593. The van der Waals surface area contributed by atoms with Crippen molar-refractivity contribution in [3.63, 3.8) is 0 Å². The van der Waals surface area contributed by atoms with Crippen LogP contribution in [0.3, 0.4) is 0 Å². The molecule has 0 bridgehead atoms. The number of aromatic nitrogens is 2. The van der Waals surface area contributed by atoms with Crippen LogP contribution in [0.25, 0.3) is 0 Å². The molecule has 0 fully saturated rings. The van der Waals surface area contributed by atoms with Gasteiger partial charge in [-0.3, -0.25) is 4.72 Å². The van der Waals surface area contributed by atoms with E-state index in [4.69, 9.17) is 9.47 Å². The highest BCUT2D eigenvalue weighted by Crippen LogP contribution is 2.32. The molecule has 4 rings (SSSR count). The van der Waals surface area contributed by atoms with E-state index in [0.717, 1.165) is 5.69 Å². The quantitative estimate of drug-likeness (QED) is 0.706. The van der Waals surface area contributed by atoms with Gasteiger partial charge in [0.05, 0.1) is 4.90 Å². The number of nitrogens with zero attached hydrogens (tertiary/aromatic N) is 3. The molecule has 8 nitrogen and oxygen atoms in total. The maximum atomic E-state index is 12.6. The van der Waals surface area contributed by atoms with Gasteiger partial charge in [-0.1, -0.05) is 18.2 Å². The van der Waals surface area contributed by atoms with Crippen LogP contribution in [0.2, 0.25) is 0 Å². The Morgan fingerprint density at radius 3 is 2.39 bits per heavy atom. The number of fused-ring (bicyclic) bond motifs is 1. The molecular formula is C19H18N4O4S. The molecule has 0 saturated heterocycles. The number of para-hydroxylation sites is 1. The lowest BCUT2D eigenvalue weighted by molar-refractivity contribution is 0.171. The Morgan fingerprint density at radius 1 is 0.929 bits per heavy atom. The number of hydrogen-bond acceptors (Lipinski definition) is 7. The fourth-order valence-electron chi connectivity index (χ4n) is 2.73. The Hall–Kier alpha value is -3.33. The molecule has 1 aliphatic rings. The van der Waals surface area contributed by atoms with Crippen LogP contribution >= 0.6 is 0 Å². The van der Waals surface area contributed by atoms with Crippen LogP contribution in [-0.2, 0) is 10.0 Å². The molecule has 0 atom stereocenters. The first-order chi connectivity index (χ1) is 13.5. The standard InChI is InChI=1S/C19H18N4O4S/c1-23(14-5-3-2-4-6-14)19-10-9-18(20-21-19)22-28(24,25)15-7-8-16-17(13-15)27-12-11-26-16/h2-10,13H,11-12H2,1H3,(H,20,22). The Morgan fingerprint density at radius 2 is 1.68 bits per heavy atom. The van der Waals surface area contributed by atoms with Gasteiger partial charge in [-0.05, 0) is 36.4 Å². The first-order valence-corrected chi connectivity index (χ1v) is 10.1. The fourth-order valence-corrected chi connectivity index (χ4v) is 3.74. The van der Waals surface area contributed by atoms with Gasteiger partial charge in [0.2, 0.25) is 0 Å². The van der Waals surface area contributed by atoms with Gasteiger partial charge in [0, 0.05) is 18.8 Å². The molecule has 2 heterocycles. The van der Waals surface area contributed by atoms with Gasteiger partial charge < -0.3 is 14.4 Å². The number of ether oxygens (including phenoxy) is 2. The predicted octanol–water partition coefficient (Wildman–Crippen LogP) is 2.82. The average Bonchev–Trinajstić information content (AvgIpc) is 2.74. The first-order valence-electron chi connectivity index (χ1n) is 8.58. The summed E-state index contributed by atoms with van der Waals surface area (Å²) in [6.07, 6.45) is 0.